The van der Waals surface area contributed by atoms with E-state index in [4.69, 9.17) is 4.52 Å². The fraction of sp³-hybridized carbons (Fsp3) is 0.833. The first-order valence-electron chi connectivity index (χ1n) is 6.37. The Morgan fingerprint density at radius 3 is 2.75 bits per heavy atom. The van der Waals surface area contributed by atoms with E-state index in [1.807, 2.05) is 7.05 Å². The fourth-order valence-electron chi connectivity index (χ4n) is 3.10. The van der Waals surface area contributed by atoms with Crippen molar-refractivity contribution in [1.82, 2.24) is 15.5 Å². The summed E-state index contributed by atoms with van der Waals surface area (Å²) in [7, 11) is 1.94. The molecule has 1 N–H and O–H groups in total. The van der Waals surface area contributed by atoms with Crippen molar-refractivity contribution < 1.29 is 4.52 Å². The van der Waals surface area contributed by atoms with Crippen LogP contribution in [0, 0.1) is 11.8 Å². The average Bonchev–Trinajstić information content (AvgIpc) is 2.87. The van der Waals surface area contributed by atoms with E-state index in [1.165, 1.54) is 25.7 Å². The number of likely N-dealkylation sites (N-methyl/N-ethyl adjacent to an activating group) is 1. The molecule has 0 spiro atoms. The number of hydrogen-bond acceptors (Lipinski definition) is 4. The first kappa shape index (κ1) is 10.3. The maximum absolute atomic E-state index is 5.39. The lowest BCUT2D eigenvalue weighted by Gasteiger charge is -2.04. The van der Waals surface area contributed by atoms with Gasteiger partial charge in [-0.2, -0.15) is 4.98 Å². The molecule has 4 nitrogen and oxygen atoms in total. The molecule has 1 aromatic heterocycles. The van der Waals surface area contributed by atoms with Crippen LogP contribution in [0.2, 0.25) is 0 Å². The molecule has 1 heterocycles. The van der Waals surface area contributed by atoms with Crippen LogP contribution in [0.25, 0.3) is 0 Å². The van der Waals surface area contributed by atoms with Crippen LogP contribution in [0.15, 0.2) is 4.52 Å². The summed E-state index contributed by atoms with van der Waals surface area (Å²) in [5, 5.41) is 7.15. The maximum atomic E-state index is 5.39. The van der Waals surface area contributed by atoms with E-state index in [1.54, 1.807) is 0 Å². The van der Waals surface area contributed by atoms with Crippen molar-refractivity contribution >= 4 is 0 Å². The number of aromatic nitrogens is 2. The molecule has 2 atom stereocenters. The Balaban J connectivity index is 1.64. The second-order valence-corrected chi connectivity index (χ2v) is 5.04. The number of nitrogens with one attached hydrogen (secondary N) is 1. The minimum absolute atomic E-state index is 0.596. The van der Waals surface area contributed by atoms with Gasteiger partial charge in [-0.3, -0.25) is 0 Å². The van der Waals surface area contributed by atoms with Gasteiger partial charge in [-0.25, -0.2) is 0 Å². The quantitative estimate of drug-likeness (QED) is 0.841. The van der Waals surface area contributed by atoms with Gasteiger partial charge in [0, 0.05) is 18.9 Å². The molecule has 0 aromatic carbocycles. The van der Waals surface area contributed by atoms with Gasteiger partial charge in [0.25, 0.3) is 0 Å². The summed E-state index contributed by atoms with van der Waals surface area (Å²) in [5.74, 6) is 4.06. The van der Waals surface area contributed by atoms with E-state index >= 15 is 0 Å². The monoisotopic (exact) mass is 221 g/mol. The summed E-state index contributed by atoms with van der Waals surface area (Å²) in [5.41, 5.74) is 0. The van der Waals surface area contributed by atoms with Crippen molar-refractivity contribution in [1.29, 1.82) is 0 Å². The van der Waals surface area contributed by atoms with Crippen molar-refractivity contribution in [3.8, 4) is 0 Å². The molecule has 88 valence electrons. The fourth-order valence-corrected chi connectivity index (χ4v) is 3.10. The Kier molecular flexibility index (Phi) is 2.67. The molecule has 4 heteroatoms. The summed E-state index contributed by atoms with van der Waals surface area (Å²) in [6.07, 6.45) is 6.37. The number of hydrogen-bond donors (Lipinski definition) is 1. The number of rotatable bonds is 4. The highest BCUT2D eigenvalue weighted by Crippen LogP contribution is 2.60. The van der Waals surface area contributed by atoms with Crippen LogP contribution in [0.5, 0.6) is 0 Å². The van der Waals surface area contributed by atoms with Crippen molar-refractivity contribution in [2.45, 2.75) is 38.0 Å². The van der Waals surface area contributed by atoms with E-state index in [0.717, 1.165) is 36.5 Å². The number of nitrogens with zero attached hydrogens (tertiary/aromatic N) is 2. The average molecular weight is 221 g/mol. The largest absolute Gasteiger partial charge is 0.339 e. The SMILES string of the molecule is CNCCc1noc(C2C3CCCCC32)n1. The molecule has 1 aromatic rings. The molecule has 2 aliphatic rings. The molecule has 16 heavy (non-hydrogen) atoms. The molecule has 2 aliphatic carbocycles. The smallest absolute Gasteiger partial charge is 0.230 e. The summed E-state index contributed by atoms with van der Waals surface area (Å²) >= 11 is 0. The van der Waals surface area contributed by atoms with E-state index < -0.39 is 0 Å². The standard InChI is InChI=1S/C12H19N3O/c1-13-7-6-10-14-12(16-15-10)11-8-4-2-3-5-9(8)11/h8-9,11,13H,2-7H2,1H3. The Morgan fingerprint density at radius 1 is 1.31 bits per heavy atom. The van der Waals surface area contributed by atoms with Gasteiger partial charge in [-0.15, -0.1) is 0 Å². The van der Waals surface area contributed by atoms with Crippen molar-refractivity contribution in [2.75, 3.05) is 13.6 Å². The Bertz CT molecular complexity index is 351. The predicted octanol–water partition coefficient (Wildman–Crippen LogP) is 1.74. The van der Waals surface area contributed by atoms with Gasteiger partial charge in [-0.1, -0.05) is 18.0 Å². The third-order valence-electron chi connectivity index (χ3n) is 4.02. The van der Waals surface area contributed by atoms with Crippen molar-refractivity contribution in [3.05, 3.63) is 11.7 Å². The minimum atomic E-state index is 0.596. The van der Waals surface area contributed by atoms with Gasteiger partial charge in [-0.05, 0) is 31.7 Å². The van der Waals surface area contributed by atoms with Crippen LogP contribution >= 0.6 is 0 Å². The van der Waals surface area contributed by atoms with Crippen LogP contribution in [-0.4, -0.2) is 23.7 Å². The lowest BCUT2D eigenvalue weighted by Crippen LogP contribution is -2.11. The minimum Gasteiger partial charge on any atom is -0.339 e. The van der Waals surface area contributed by atoms with Crippen molar-refractivity contribution in [3.63, 3.8) is 0 Å². The molecule has 2 unspecified atom stereocenters. The highest BCUT2D eigenvalue weighted by atomic mass is 16.5. The summed E-state index contributed by atoms with van der Waals surface area (Å²) < 4.78 is 5.39. The second kappa shape index (κ2) is 4.17. The third kappa shape index (κ3) is 1.75. The molecular weight excluding hydrogens is 202 g/mol. The molecule has 0 radical (unpaired) electrons. The molecular formula is C12H19N3O. The van der Waals surface area contributed by atoms with Crippen LogP contribution in [0.1, 0.15) is 43.3 Å². The van der Waals surface area contributed by atoms with Gasteiger partial charge in [0.05, 0.1) is 0 Å². The Hall–Kier alpha value is -0.900. The number of fused-ring (bicyclic) bond motifs is 1. The van der Waals surface area contributed by atoms with Gasteiger partial charge >= 0.3 is 0 Å². The third-order valence-corrected chi connectivity index (χ3v) is 4.02. The Labute approximate surface area is 95.8 Å². The van der Waals surface area contributed by atoms with Gasteiger partial charge in [0.15, 0.2) is 5.82 Å². The van der Waals surface area contributed by atoms with Crippen LogP contribution in [0.3, 0.4) is 0 Å². The Morgan fingerprint density at radius 2 is 2.06 bits per heavy atom. The molecule has 2 saturated carbocycles. The highest BCUT2D eigenvalue weighted by Gasteiger charge is 2.54. The van der Waals surface area contributed by atoms with E-state index in [-0.39, 0.29) is 0 Å². The van der Waals surface area contributed by atoms with Crippen LogP contribution < -0.4 is 5.32 Å². The molecule has 0 aliphatic heterocycles. The molecule has 0 amide bonds. The summed E-state index contributed by atoms with van der Waals surface area (Å²) in [6, 6.07) is 0. The highest BCUT2D eigenvalue weighted by molar-refractivity contribution is 5.14. The summed E-state index contributed by atoms with van der Waals surface area (Å²) in [4.78, 5) is 4.52. The normalized spacial score (nSPS) is 32.4. The molecule has 2 fully saturated rings. The lowest BCUT2D eigenvalue weighted by atomic mass is 10.0. The van der Waals surface area contributed by atoms with Crippen LogP contribution in [0.4, 0.5) is 0 Å². The molecule has 3 rings (SSSR count). The molecule has 0 saturated heterocycles. The van der Waals surface area contributed by atoms with E-state index in [9.17, 15) is 0 Å². The second-order valence-electron chi connectivity index (χ2n) is 5.04. The van der Waals surface area contributed by atoms with Crippen LogP contribution in [-0.2, 0) is 6.42 Å². The van der Waals surface area contributed by atoms with Crippen molar-refractivity contribution in [2.24, 2.45) is 11.8 Å². The zero-order valence-corrected chi connectivity index (χ0v) is 9.78. The zero-order chi connectivity index (χ0) is 11.0. The van der Waals surface area contributed by atoms with E-state index in [0.29, 0.717) is 5.92 Å². The van der Waals surface area contributed by atoms with E-state index in [2.05, 4.69) is 15.5 Å². The lowest BCUT2D eigenvalue weighted by molar-refractivity contribution is 0.367. The first-order chi connectivity index (χ1) is 7.90. The van der Waals surface area contributed by atoms with Gasteiger partial charge in [0.1, 0.15) is 0 Å². The van der Waals surface area contributed by atoms with Gasteiger partial charge < -0.3 is 9.84 Å². The summed E-state index contributed by atoms with van der Waals surface area (Å²) in [6.45, 7) is 0.913. The first-order valence-corrected chi connectivity index (χ1v) is 6.37. The molecule has 0 bridgehead atoms. The topological polar surface area (TPSA) is 51.0 Å². The predicted molar refractivity (Wildman–Crippen MR) is 60.1 cm³/mol. The van der Waals surface area contributed by atoms with Gasteiger partial charge in [0.2, 0.25) is 5.89 Å². The maximum Gasteiger partial charge on any atom is 0.230 e. The zero-order valence-electron chi connectivity index (χ0n) is 9.78.